The van der Waals surface area contributed by atoms with Gasteiger partial charge in [-0.15, -0.1) is 0 Å². The van der Waals surface area contributed by atoms with Crippen molar-refractivity contribution in [2.24, 2.45) is 5.92 Å². The molecule has 0 spiro atoms. The number of amides is 1. The summed E-state index contributed by atoms with van der Waals surface area (Å²) in [5.41, 5.74) is 0.120. The van der Waals surface area contributed by atoms with Gasteiger partial charge in [0.05, 0.1) is 5.56 Å². The maximum Gasteiger partial charge on any atom is 0.254 e. The second-order valence-corrected chi connectivity index (χ2v) is 4.05. The summed E-state index contributed by atoms with van der Waals surface area (Å²) in [6, 6.07) is 6.03. The summed E-state index contributed by atoms with van der Waals surface area (Å²) in [6.07, 6.45) is 0.952. The van der Waals surface area contributed by atoms with E-state index in [0.717, 1.165) is 19.5 Å². The van der Waals surface area contributed by atoms with Gasteiger partial charge in [0.25, 0.3) is 5.91 Å². The van der Waals surface area contributed by atoms with Crippen molar-refractivity contribution in [1.82, 2.24) is 10.6 Å². The highest BCUT2D eigenvalue weighted by Gasteiger charge is 2.16. The van der Waals surface area contributed by atoms with Gasteiger partial charge in [-0.1, -0.05) is 12.1 Å². The normalized spacial score (nSPS) is 15.6. The third-order valence-corrected chi connectivity index (χ3v) is 2.82. The van der Waals surface area contributed by atoms with Gasteiger partial charge in [-0.3, -0.25) is 4.79 Å². The minimum Gasteiger partial charge on any atom is -0.352 e. The Labute approximate surface area is 94.0 Å². The van der Waals surface area contributed by atoms with E-state index in [2.05, 4.69) is 10.6 Å². The lowest BCUT2D eigenvalue weighted by Gasteiger charge is -2.26. The van der Waals surface area contributed by atoms with Gasteiger partial charge < -0.3 is 10.6 Å². The Kier molecular flexibility index (Phi) is 3.51. The van der Waals surface area contributed by atoms with Gasteiger partial charge in [-0.25, -0.2) is 4.39 Å². The van der Waals surface area contributed by atoms with Crippen molar-refractivity contribution in [2.45, 2.75) is 6.42 Å². The van der Waals surface area contributed by atoms with Gasteiger partial charge >= 0.3 is 0 Å². The number of halogens is 1. The van der Waals surface area contributed by atoms with Crippen LogP contribution in [0, 0.1) is 11.7 Å². The highest BCUT2D eigenvalue weighted by Crippen LogP contribution is 2.08. The second kappa shape index (κ2) is 5.07. The Balaban J connectivity index is 1.81. The molecule has 1 aromatic carbocycles. The smallest absolute Gasteiger partial charge is 0.254 e. The lowest BCUT2D eigenvalue weighted by atomic mass is 9.99. The Morgan fingerprint density at radius 3 is 2.81 bits per heavy atom. The van der Waals surface area contributed by atoms with E-state index >= 15 is 0 Å². The molecule has 4 heteroatoms. The van der Waals surface area contributed by atoms with E-state index in [1.807, 2.05) is 0 Å². The fourth-order valence-corrected chi connectivity index (χ4v) is 1.68. The van der Waals surface area contributed by atoms with Gasteiger partial charge in [-0.2, -0.15) is 0 Å². The molecular formula is C12H15FN2O. The van der Waals surface area contributed by atoms with Gasteiger partial charge in [0, 0.05) is 6.54 Å². The van der Waals surface area contributed by atoms with Crippen LogP contribution in [0.2, 0.25) is 0 Å². The first-order valence-electron chi connectivity index (χ1n) is 5.51. The van der Waals surface area contributed by atoms with Crippen LogP contribution in [0.1, 0.15) is 16.8 Å². The molecule has 0 aromatic heterocycles. The fraction of sp³-hybridized carbons (Fsp3) is 0.417. The first kappa shape index (κ1) is 11.1. The molecule has 3 nitrogen and oxygen atoms in total. The Morgan fingerprint density at radius 2 is 2.19 bits per heavy atom. The van der Waals surface area contributed by atoms with Crippen molar-refractivity contribution in [3.63, 3.8) is 0 Å². The average molecular weight is 222 g/mol. The number of nitrogens with one attached hydrogen (secondary N) is 2. The lowest BCUT2D eigenvalue weighted by Crippen LogP contribution is -2.43. The minimum atomic E-state index is -0.467. The zero-order chi connectivity index (χ0) is 11.4. The Bertz CT molecular complexity index is 377. The number of hydrogen-bond acceptors (Lipinski definition) is 2. The quantitative estimate of drug-likeness (QED) is 0.802. The van der Waals surface area contributed by atoms with Gasteiger partial charge in [0.1, 0.15) is 5.82 Å². The van der Waals surface area contributed by atoms with E-state index in [-0.39, 0.29) is 11.5 Å². The maximum atomic E-state index is 13.2. The SMILES string of the molecule is O=C(NCCC1CNC1)c1ccccc1F. The van der Waals surface area contributed by atoms with E-state index in [9.17, 15) is 9.18 Å². The van der Waals surface area contributed by atoms with Gasteiger partial charge in [0.2, 0.25) is 0 Å². The molecule has 1 aliphatic heterocycles. The summed E-state index contributed by atoms with van der Waals surface area (Å²) in [5.74, 6) is -0.142. The van der Waals surface area contributed by atoms with E-state index < -0.39 is 5.82 Å². The molecule has 1 fully saturated rings. The van der Waals surface area contributed by atoms with Crippen LogP contribution >= 0.6 is 0 Å². The lowest BCUT2D eigenvalue weighted by molar-refractivity contribution is 0.0946. The van der Waals surface area contributed by atoms with Crippen LogP contribution < -0.4 is 10.6 Å². The van der Waals surface area contributed by atoms with Crippen LogP contribution in [0.3, 0.4) is 0 Å². The molecule has 1 heterocycles. The second-order valence-electron chi connectivity index (χ2n) is 4.05. The summed E-state index contributed by atoms with van der Waals surface area (Å²) in [5, 5.41) is 5.90. The highest BCUT2D eigenvalue weighted by molar-refractivity contribution is 5.94. The predicted octanol–water partition coefficient (Wildman–Crippen LogP) is 1.17. The maximum absolute atomic E-state index is 13.2. The van der Waals surface area contributed by atoms with Crippen molar-refractivity contribution >= 4 is 5.91 Å². The fourth-order valence-electron chi connectivity index (χ4n) is 1.68. The standard InChI is InChI=1S/C12H15FN2O/c13-11-4-2-1-3-10(11)12(16)15-6-5-9-7-14-8-9/h1-4,9,14H,5-8H2,(H,15,16). The van der Waals surface area contributed by atoms with Crippen LogP contribution in [0.4, 0.5) is 4.39 Å². The van der Waals surface area contributed by atoms with Crippen LogP contribution in [-0.2, 0) is 0 Å². The molecule has 1 saturated heterocycles. The summed E-state index contributed by atoms with van der Waals surface area (Å²) >= 11 is 0. The summed E-state index contributed by atoms with van der Waals surface area (Å²) in [4.78, 5) is 11.6. The van der Waals surface area contributed by atoms with E-state index in [0.29, 0.717) is 12.5 Å². The molecule has 0 bridgehead atoms. The average Bonchev–Trinajstić information content (AvgIpc) is 2.22. The Hall–Kier alpha value is -1.42. The zero-order valence-electron chi connectivity index (χ0n) is 9.00. The molecule has 0 aliphatic carbocycles. The van der Waals surface area contributed by atoms with Gasteiger partial charge in [0.15, 0.2) is 0 Å². The van der Waals surface area contributed by atoms with Crippen molar-refractivity contribution in [1.29, 1.82) is 0 Å². The molecule has 2 rings (SSSR count). The molecule has 0 radical (unpaired) electrons. The third-order valence-electron chi connectivity index (χ3n) is 2.82. The molecule has 86 valence electrons. The topological polar surface area (TPSA) is 41.1 Å². The number of benzene rings is 1. The van der Waals surface area contributed by atoms with Crippen LogP contribution in [0.5, 0.6) is 0 Å². The molecular weight excluding hydrogens is 207 g/mol. The van der Waals surface area contributed by atoms with Crippen molar-refractivity contribution in [3.8, 4) is 0 Å². The molecule has 1 aliphatic rings. The van der Waals surface area contributed by atoms with Crippen LogP contribution in [0.15, 0.2) is 24.3 Å². The van der Waals surface area contributed by atoms with Crippen LogP contribution in [-0.4, -0.2) is 25.5 Å². The van der Waals surface area contributed by atoms with Crippen molar-refractivity contribution < 1.29 is 9.18 Å². The predicted molar refractivity (Wildman–Crippen MR) is 59.7 cm³/mol. The number of rotatable bonds is 4. The first-order chi connectivity index (χ1) is 7.77. The number of carbonyl (C=O) groups is 1. The number of hydrogen-bond donors (Lipinski definition) is 2. The molecule has 2 N–H and O–H groups in total. The largest absolute Gasteiger partial charge is 0.352 e. The van der Waals surface area contributed by atoms with Gasteiger partial charge in [-0.05, 0) is 37.6 Å². The molecule has 1 amide bonds. The van der Waals surface area contributed by atoms with E-state index in [1.165, 1.54) is 12.1 Å². The molecule has 0 saturated carbocycles. The zero-order valence-corrected chi connectivity index (χ0v) is 9.00. The number of carbonyl (C=O) groups excluding carboxylic acids is 1. The minimum absolute atomic E-state index is 0.120. The molecule has 16 heavy (non-hydrogen) atoms. The third kappa shape index (κ3) is 2.58. The van der Waals surface area contributed by atoms with E-state index in [1.54, 1.807) is 12.1 Å². The summed E-state index contributed by atoms with van der Waals surface area (Å²) < 4.78 is 13.2. The molecule has 1 aromatic rings. The first-order valence-corrected chi connectivity index (χ1v) is 5.51. The summed E-state index contributed by atoms with van der Waals surface area (Å²) in [7, 11) is 0. The molecule has 0 unspecified atom stereocenters. The molecule has 0 atom stereocenters. The van der Waals surface area contributed by atoms with Crippen LogP contribution in [0.25, 0.3) is 0 Å². The monoisotopic (exact) mass is 222 g/mol. The van der Waals surface area contributed by atoms with E-state index in [4.69, 9.17) is 0 Å². The van der Waals surface area contributed by atoms with Crippen molar-refractivity contribution in [2.75, 3.05) is 19.6 Å². The Morgan fingerprint density at radius 1 is 1.44 bits per heavy atom. The summed E-state index contributed by atoms with van der Waals surface area (Å²) in [6.45, 7) is 2.66. The van der Waals surface area contributed by atoms with Crippen molar-refractivity contribution in [3.05, 3.63) is 35.6 Å². The highest BCUT2D eigenvalue weighted by atomic mass is 19.1.